The number of fused-ring (bicyclic) bond motifs is 1. The Balaban J connectivity index is 2.87. The monoisotopic (exact) mass is 182 g/mol. The quantitative estimate of drug-likeness (QED) is 0.593. The highest BCUT2D eigenvalue weighted by Gasteiger charge is 2.25. The Labute approximate surface area is 69.8 Å². The molecule has 1 aromatic rings. The van der Waals surface area contributed by atoms with E-state index >= 15 is 0 Å². The molecule has 1 aromatic heterocycles. The number of aromatic nitrogens is 1. The van der Waals surface area contributed by atoms with E-state index < -0.39 is 15.6 Å². The number of nitrogens with zero attached hydrogens (tertiary/aromatic N) is 2. The minimum Gasteiger partial charge on any atom is -0.266 e. The Hall–Kier alpha value is -1.23. The van der Waals surface area contributed by atoms with Gasteiger partial charge in [0.15, 0.2) is 0 Å². The van der Waals surface area contributed by atoms with Crippen LogP contribution < -0.4 is 0 Å². The van der Waals surface area contributed by atoms with Crippen molar-refractivity contribution in [1.82, 2.24) is 4.98 Å². The number of hydrogen-bond acceptors (Lipinski definition) is 3. The van der Waals surface area contributed by atoms with Crippen LogP contribution in [-0.4, -0.2) is 21.4 Å². The molecule has 0 fully saturated rings. The molecule has 62 valence electrons. The van der Waals surface area contributed by atoms with Crippen LogP contribution in [0.5, 0.6) is 0 Å². The first-order chi connectivity index (χ1) is 5.61. The average Bonchev–Trinajstić information content (AvgIpc) is 2.25. The van der Waals surface area contributed by atoms with E-state index in [9.17, 15) is 9.00 Å². The number of hydrogen-bond donors (Lipinski definition) is 0. The third-order valence-electron chi connectivity index (χ3n) is 1.68. The lowest BCUT2D eigenvalue weighted by molar-refractivity contribution is 0.101. The Kier molecular flexibility index (Phi) is 1.32. The zero-order valence-corrected chi connectivity index (χ0v) is 7.17. The van der Waals surface area contributed by atoms with Crippen LogP contribution in [-0.2, 0) is 9.73 Å². The summed E-state index contributed by atoms with van der Waals surface area (Å²) in [7, 11) is -2.47. The molecular weight excluding hydrogens is 176 g/mol. The summed E-state index contributed by atoms with van der Waals surface area (Å²) in [5.74, 6) is -0.425. The van der Waals surface area contributed by atoms with Crippen LogP contribution in [0.25, 0.3) is 0 Å². The molecule has 0 radical (unpaired) electrons. The number of rotatable bonds is 0. The number of pyridine rings is 1. The van der Waals surface area contributed by atoms with Crippen molar-refractivity contribution in [3.8, 4) is 0 Å². The van der Waals surface area contributed by atoms with Gasteiger partial charge in [-0.05, 0) is 6.07 Å². The summed E-state index contributed by atoms with van der Waals surface area (Å²) in [4.78, 5) is 15.4. The van der Waals surface area contributed by atoms with E-state index in [1.54, 1.807) is 6.07 Å². The summed E-state index contributed by atoms with van der Waals surface area (Å²) in [6.45, 7) is 0. The Morgan fingerprint density at radius 3 is 2.92 bits per heavy atom. The summed E-state index contributed by atoms with van der Waals surface area (Å²) in [6.07, 6.45) is 4.37. The third-order valence-corrected chi connectivity index (χ3v) is 3.36. The minimum absolute atomic E-state index is 0.366. The van der Waals surface area contributed by atoms with E-state index in [1.807, 2.05) is 0 Å². The summed E-state index contributed by atoms with van der Waals surface area (Å²) in [5.41, 5.74) is 0.366. The van der Waals surface area contributed by atoms with Crippen molar-refractivity contribution < 1.29 is 9.00 Å². The van der Waals surface area contributed by atoms with Crippen LogP contribution in [0.15, 0.2) is 27.7 Å². The lowest BCUT2D eigenvalue weighted by atomic mass is 10.3. The van der Waals surface area contributed by atoms with Gasteiger partial charge in [-0.3, -0.25) is 9.78 Å². The van der Waals surface area contributed by atoms with Gasteiger partial charge in [-0.15, -0.1) is 0 Å². The van der Waals surface area contributed by atoms with Crippen LogP contribution in [0.4, 0.5) is 0 Å². The van der Waals surface area contributed by atoms with Crippen LogP contribution in [0.1, 0.15) is 10.4 Å². The first-order valence-corrected chi connectivity index (χ1v) is 5.24. The lowest BCUT2D eigenvalue weighted by Crippen LogP contribution is -1.94. The summed E-state index contributed by atoms with van der Waals surface area (Å²) in [5, 5.41) is 0. The summed E-state index contributed by atoms with van der Waals surface area (Å²) in [6, 6.07) is 1.58. The normalized spacial score (nSPS) is 26.6. The van der Waals surface area contributed by atoms with Gasteiger partial charge in [0.25, 0.3) is 5.91 Å². The van der Waals surface area contributed by atoms with Crippen molar-refractivity contribution in [2.75, 3.05) is 6.26 Å². The Morgan fingerprint density at radius 2 is 2.25 bits per heavy atom. The second kappa shape index (κ2) is 2.13. The molecule has 12 heavy (non-hydrogen) atoms. The topological polar surface area (TPSA) is 59.4 Å². The molecule has 5 heteroatoms. The predicted octanol–water partition coefficient (Wildman–Crippen LogP) is 0.692. The van der Waals surface area contributed by atoms with Gasteiger partial charge >= 0.3 is 0 Å². The second-order valence-electron chi connectivity index (χ2n) is 2.57. The van der Waals surface area contributed by atoms with Crippen molar-refractivity contribution in [3.63, 3.8) is 0 Å². The van der Waals surface area contributed by atoms with Crippen molar-refractivity contribution in [3.05, 3.63) is 24.0 Å². The fourth-order valence-electron chi connectivity index (χ4n) is 1.13. The van der Waals surface area contributed by atoms with Gasteiger partial charge in [-0.2, -0.15) is 4.36 Å². The molecule has 0 bridgehead atoms. The van der Waals surface area contributed by atoms with Crippen LogP contribution in [0, 0.1) is 0 Å². The average molecular weight is 182 g/mol. The Morgan fingerprint density at radius 1 is 1.50 bits per heavy atom. The van der Waals surface area contributed by atoms with E-state index in [4.69, 9.17) is 0 Å². The molecule has 2 heterocycles. The van der Waals surface area contributed by atoms with E-state index in [-0.39, 0.29) is 0 Å². The molecule has 1 amide bonds. The maximum Gasteiger partial charge on any atom is 0.288 e. The molecular formula is C7H6N2O2S. The fraction of sp³-hybridized carbons (Fsp3) is 0.143. The SMILES string of the molecule is CS1(=O)=NC(=O)c2cnccc21. The smallest absolute Gasteiger partial charge is 0.266 e. The largest absolute Gasteiger partial charge is 0.288 e. The van der Waals surface area contributed by atoms with E-state index in [2.05, 4.69) is 9.35 Å². The zero-order valence-electron chi connectivity index (χ0n) is 6.35. The van der Waals surface area contributed by atoms with Crippen molar-refractivity contribution in [1.29, 1.82) is 0 Å². The predicted molar refractivity (Wildman–Crippen MR) is 43.3 cm³/mol. The molecule has 0 saturated heterocycles. The van der Waals surface area contributed by atoms with Crippen molar-refractivity contribution in [2.45, 2.75) is 4.90 Å². The summed E-state index contributed by atoms with van der Waals surface area (Å²) < 4.78 is 15.1. The van der Waals surface area contributed by atoms with E-state index in [0.717, 1.165) is 0 Å². The molecule has 0 aliphatic carbocycles. The fourth-order valence-corrected chi connectivity index (χ4v) is 2.50. The van der Waals surface area contributed by atoms with Gasteiger partial charge in [0, 0.05) is 18.6 Å². The molecule has 0 aromatic carbocycles. The first kappa shape index (κ1) is 7.42. The molecule has 1 atom stereocenters. The van der Waals surface area contributed by atoms with Gasteiger partial charge < -0.3 is 0 Å². The van der Waals surface area contributed by atoms with Gasteiger partial charge in [0.2, 0.25) is 0 Å². The molecule has 0 spiro atoms. The Bertz CT molecular complexity index is 472. The molecule has 0 N–H and O–H groups in total. The minimum atomic E-state index is -2.47. The number of carbonyl (C=O) groups excluding carboxylic acids is 1. The maximum atomic E-state index is 11.6. The first-order valence-electron chi connectivity index (χ1n) is 3.32. The maximum absolute atomic E-state index is 11.6. The van der Waals surface area contributed by atoms with Crippen LogP contribution >= 0.6 is 0 Å². The number of carbonyl (C=O) groups is 1. The molecule has 2 rings (SSSR count). The standard InChI is InChI=1S/C7H6N2O2S/c1-12(11)6-2-3-8-4-5(6)7(10)9-12/h2-4H,1H3. The molecule has 4 nitrogen and oxygen atoms in total. The van der Waals surface area contributed by atoms with Gasteiger partial charge in [0.1, 0.15) is 0 Å². The molecule has 0 saturated carbocycles. The van der Waals surface area contributed by atoms with E-state index in [1.165, 1.54) is 18.6 Å². The van der Waals surface area contributed by atoms with Crippen LogP contribution in [0.3, 0.4) is 0 Å². The highest BCUT2D eigenvalue weighted by molar-refractivity contribution is 7.93. The summed E-state index contributed by atoms with van der Waals surface area (Å²) >= 11 is 0. The van der Waals surface area contributed by atoms with Gasteiger partial charge in [-0.25, -0.2) is 4.21 Å². The molecule has 1 aliphatic rings. The highest BCUT2D eigenvalue weighted by Crippen LogP contribution is 2.23. The molecule has 1 unspecified atom stereocenters. The zero-order chi connectivity index (χ0) is 8.77. The van der Waals surface area contributed by atoms with Gasteiger partial charge in [-0.1, -0.05) is 0 Å². The highest BCUT2D eigenvalue weighted by atomic mass is 32.2. The lowest BCUT2D eigenvalue weighted by Gasteiger charge is -1.95. The van der Waals surface area contributed by atoms with Crippen LogP contribution in [0.2, 0.25) is 0 Å². The number of amides is 1. The van der Waals surface area contributed by atoms with Gasteiger partial charge in [0.05, 0.1) is 20.2 Å². The molecule has 1 aliphatic heterocycles. The van der Waals surface area contributed by atoms with E-state index in [0.29, 0.717) is 10.5 Å². The van der Waals surface area contributed by atoms with Crippen molar-refractivity contribution in [2.24, 2.45) is 4.36 Å². The third kappa shape index (κ3) is 0.863. The second-order valence-corrected chi connectivity index (χ2v) is 4.80. The van der Waals surface area contributed by atoms with Crippen molar-refractivity contribution >= 4 is 15.6 Å².